The Balaban J connectivity index is 1.70. The molecule has 1 aliphatic rings. The second-order valence-corrected chi connectivity index (χ2v) is 8.94. The lowest BCUT2D eigenvalue weighted by molar-refractivity contribution is 0.0955. The van der Waals surface area contributed by atoms with Gasteiger partial charge in [0.15, 0.2) is 0 Å². The Labute approximate surface area is 167 Å². The number of carbonyl (C=O) groups is 1. The lowest BCUT2D eigenvalue weighted by atomic mass is 10.1. The molecule has 0 aromatic heterocycles. The molecule has 0 radical (unpaired) electrons. The van der Waals surface area contributed by atoms with Gasteiger partial charge in [-0.25, -0.2) is 8.42 Å². The number of amides is 1. The van der Waals surface area contributed by atoms with Crippen LogP contribution in [0.2, 0.25) is 0 Å². The SMILES string of the molecule is CCNC(=O)c1cc(S(=O)(=O)N2CCN(Cc3ccccc3)CC2)ccc1C. The van der Waals surface area contributed by atoms with Crippen LogP contribution < -0.4 is 5.32 Å². The minimum absolute atomic E-state index is 0.177. The molecule has 1 fully saturated rings. The first-order chi connectivity index (χ1) is 13.4. The first kappa shape index (κ1) is 20.5. The molecule has 28 heavy (non-hydrogen) atoms. The number of benzene rings is 2. The Morgan fingerprint density at radius 2 is 1.71 bits per heavy atom. The molecule has 1 saturated heterocycles. The fourth-order valence-electron chi connectivity index (χ4n) is 3.38. The van der Waals surface area contributed by atoms with Crippen molar-refractivity contribution in [3.8, 4) is 0 Å². The second-order valence-electron chi connectivity index (χ2n) is 7.00. The number of hydrogen-bond donors (Lipinski definition) is 1. The van der Waals surface area contributed by atoms with Crippen LogP contribution in [0.15, 0.2) is 53.4 Å². The lowest BCUT2D eigenvalue weighted by Gasteiger charge is -2.34. The standard InChI is InChI=1S/C21H27N3O3S/c1-3-22-21(25)20-15-19(10-9-17(20)2)28(26,27)24-13-11-23(12-14-24)16-18-7-5-4-6-8-18/h4-10,15H,3,11-14,16H2,1-2H3,(H,22,25). The molecular formula is C21H27N3O3S. The van der Waals surface area contributed by atoms with Gasteiger partial charge in [0.25, 0.3) is 5.91 Å². The number of rotatable bonds is 6. The van der Waals surface area contributed by atoms with Crippen molar-refractivity contribution in [3.63, 3.8) is 0 Å². The van der Waals surface area contributed by atoms with Crippen molar-refractivity contribution < 1.29 is 13.2 Å². The van der Waals surface area contributed by atoms with Crippen molar-refractivity contribution in [1.82, 2.24) is 14.5 Å². The molecule has 3 rings (SSSR count). The van der Waals surface area contributed by atoms with Gasteiger partial charge in [-0.05, 0) is 37.1 Å². The van der Waals surface area contributed by atoms with Crippen LogP contribution in [0.3, 0.4) is 0 Å². The molecule has 150 valence electrons. The zero-order valence-electron chi connectivity index (χ0n) is 16.4. The number of hydrogen-bond acceptors (Lipinski definition) is 4. The van der Waals surface area contributed by atoms with Gasteiger partial charge >= 0.3 is 0 Å². The first-order valence-corrected chi connectivity index (χ1v) is 11.0. The maximum atomic E-state index is 13.1. The van der Waals surface area contributed by atoms with Crippen molar-refractivity contribution in [2.45, 2.75) is 25.3 Å². The van der Waals surface area contributed by atoms with E-state index < -0.39 is 10.0 Å². The minimum Gasteiger partial charge on any atom is -0.352 e. The molecule has 0 atom stereocenters. The van der Waals surface area contributed by atoms with Crippen LogP contribution in [0.1, 0.15) is 28.4 Å². The summed E-state index contributed by atoms with van der Waals surface area (Å²) >= 11 is 0. The highest BCUT2D eigenvalue weighted by Crippen LogP contribution is 2.21. The maximum Gasteiger partial charge on any atom is 0.251 e. The number of sulfonamides is 1. The van der Waals surface area contributed by atoms with Crippen LogP contribution in [-0.2, 0) is 16.6 Å². The van der Waals surface area contributed by atoms with Crippen LogP contribution in [0.25, 0.3) is 0 Å². The Morgan fingerprint density at radius 1 is 1.04 bits per heavy atom. The highest BCUT2D eigenvalue weighted by molar-refractivity contribution is 7.89. The quantitative estimate of drug-likeness (QED) is 0.806. The van der Waals surface area contributed by atoms with E-state index in [-0.39, 0.29) is 10.8 Å². The van der Waals surface area contributed by atoms with Gasteiger partial charge in [-0.3, -0.25) is 9.69 Å². The molecule has 0 aliphatic carbocycles. The van der Waals surface area contributed by atoms with E-state index in [0.717, 1.165) is 12.1 Å². The van der Waals surface area contributed by atoms with Gasteiger partial charge in [-0.15, -0.1) is 0 Å². The maximum absolute atomic E-state index is 13.1. The third-order valence-corrected chi connectivity index (χ3v) is 6.90. The Kier molecular flexibility index (Phi) is 6.49. The van der Waals surface area contributed by atoms with Crippen molar-refractivity contribution in [1.29, 1.82) is 0 Å². The Hall–Kier alpha value is -2.22. The van der Waals surface area contributed by atoms with E-state index in [1.54, 1.807) is 12.1 Å². The van der Waals surface area contributed by atoms with Crippen LogP contribution in [0.5, 0.6) is 0 Å². The van der Waals surface area contributed by atoms with Gasteiger partial charge in [-0.2, -0.15) is 4.31 Å². The number of nitrogens with zero attached hydrogens (tertiary/aromatic N) is 2. The number of nitrogens with one attached hydrogen (secondary N) is 1. The zero-order chi connectivity index (χ0) is 20.1. The minimum atomic E-state index is -3.62. The highest BCUT2D eigenvalue weighted by atomic mass is 32.2. The summed E-state index contributed by atoms with van der Waals surface area (Å²) in [4.78, 5) is 14.6. The van der Waals surface area contributed by atoms with Gasteiger partial charge in [-0.1, -0.05) is 36.4 Å². The average molecular weight is 402 g/mol. The molecule has 2 aromatic carbocycles. The molecule has 1 aliphatic heterocycles. The third kappa shape index (κ3) is 4.60. The van der Waals surface area contributed by atoms with Gasteiger partial charge in [0.1, 0.15) is 0 Å². The van der Waals surface area contributed by atoms with E-state index in [1.165, 1.54) is 15.9 Å². The molecule has 0 spiro atoms. The van der Waals surface area contributed by atoms with Crippen LogP contribution in [-0.4, -0.2) is 56.3 Å². The van der Waals surface area contributed by atoms with Crippen LogP contribution in [0, 0.1) is 6.92 Å². The fraction of sp³-hybridized carbons (Fsp3) is 0.381. The molecule has 7 heteroatoms. The monoisotopic (exact) mass is 401 g/mol. The number of aryl methyl sites for hydroxylation is 1. The predicted molar refractivity (Wildman–Crippen MR) is 110 cm³/mol. The summed E-state index contributed by atoms with van der Waals surface area (Å²) in [5.41, 5.74) is 2.40. The van der Waals surface area contributed by atoms with E-state index in [2.05, 4.69) is 22.3 Å². The summed E-state index contributed by atoms with van der Waals surface area (Å²) in [7, 11) is -3.62. The van der Waals surface area contributed by atoms with E-state index in [1.807, 2.05) is 32.0 Å². The van der Waals surface area contributed by atoms with Crippen molar-refractivity contribution in [3.05, 3.63) is 65.2 Å². The van der Waals surface area contributed by atoms with E-state index in [0.29, 0.717) is 38.3 Å². The molecule has 1 heterocycles. The molecular weight excluding hydrogens is 374 g/mol. The van der Waals surface area contributed by atoms with Crippen molar-refractivity contribution in [2.24, 2.45) is 0 Å². The van der Waals surface area contributed by atoms with E-state index >= 15 is 0 Å². The zero-order valence-corrected chi connectivity index (χ0v) is 17.2. The summed E-state index contributed by atoms with van der Waals surface area (Å²) in [5, 5.41) is 2.74. The first-order valence-electron chi connectivity index (χ1n) is 9.57. The van der Waals surface area contributed by atoms with Crippen molar-refractivity contribution in [2.75, 3.05) is 32.7 Å². The summed E-state index contributed by atoms with van der Waals surface area (Å²) < 4.78 is 27.7. The second kappa shape index (κ2) is 8.86. The van der Waals surface area contributed by atoms with Crippen LogP contribution >= 0.6 is 0 Å². The highest BCUT2D eigenvalue weighted by Gasteiger charge is 2.29. The summed E-state index contributed by atoms with van der Waals surface area (Å²) in [6, 6.07) is 15.0. The van der Waals surface area contributed by atoms with Gasteiger partial charge in [0.05, 0.1) is 4.90 Å². The molecule has 1 amide bonds. The molecule has 0 bridgehead atoms. The third-order valence-electron chi connectivity index (χ3n) is 5.01. The molecule has 1 N–H and O–H groups in total. The predicted octanol–water partition coefficient (Wildman–Crippen LogP) is 2.25. The topological polar surface area (TPSA) is 69.7 Å². The van der Waals surface area contributed by atoms with Crippen LogP contribution in [0.4, 0.5) is 0 Å². The molecule has 2 aromatic rings. The number of carbonyl (C=O) groups excluding carboxylic acids is 1. The summed E-state index contributed by atoms with van der Waals surface area (Å²) in [6.45, 7) is 7.22. The molecule has 6 nitrogen and oxygen atoms in total. The summed E-state index contributed by atoms with van der Waals surface area (Å²) in [6.07, 6.45) is 0. The lowest BCUT2D eigenvalue weighted by Crippen LogP contribution is -2.48. The average Bonchev–Trinajstić information content (AvgIpc) is 2.69. The fourth-order valence-corrected chi connectivity index (χ4v) is 4.83. The van der Waals surface area contributed by atoms with Crippen molar-refractivity contribution >= 4 is 15.9 Å². The number of piperazine rings is 1. The van der Waals surface area contributed by atoms with Gasteiger partial charge < -0.3 is 5.32 Å². The smallest absolute Gasteiger partial charge is 0.251 e. The van der Waals surface area contributed by atoms with Gasteiger partial charge in [0.2, 0.25) is 10.0 Å². The van der Waals surface area contributed by atoms with E-state index in [9.17, 15) is 13.2 Å². The van der Waals surface area contributed by atoms with E-state index in [4.69, 9.17) is 0 Å². The Bertz CT molecular complexity index is 921. The van der Waals surface area contributed by atoms with Gasteiger partial charge in [0, 0.05) is 44.8 Å². The molecule has 0 unspecified atom stereocenters. The summed E-state index contributed by atoms with van der Waals surface area (Å²) in [5.74, 6) is -0.246. The Morgan fingerprint density at radius 3 is 2.36 bits per heavy atom. The largest absolute Gasteiger partial charge is 0.352 e. The molecule has 0 saturated carbocycles. The normalized spacial score (nSPS) is 16.1.